The van der Waals surface area contributed by atoms with E-state index in [0.717, 1.165) is 11.1 Å². The predicted molar refractivity (Wildman–Crippen MR) is 247 cm³/mol. The Morgan fingerprint density at radius 2 is 0.896 bits per heavy atom. The van der Waals surface area contributed by atoms with Crippen molar-refractivity contribution in [1.82, 2.24) is 31.1 Å². The Labute approximate surface area is 394 Å². The summed E-state index contributed by atoms with van der Waals surface area (Å²) >= 11 is 2.74. The fraction of sp³-hybridized carbons (Fsp3) is 0.265. The summed E-state index contributed by atoms with van der Waals surface area (Å²) in [5, 5.41) is 9.49. The average Bonchev–Trinajstić information content (AvgIpc) is 3.35. The monoisotopic (exact) mass is 942 g/mol. The molecule has 4 N–H and O–H groups in total. The van der Waals surface area contributed by atoms with Crippen molar-refractivity contribution in [3.05, 3.63) is 166 Å². The van der Waals surface area contributed by atoms with Crippen molar-refractivity contribution in [2.24, 2.45) is 0 Å². The van der Waals surface area contributed by atoms with Crippen LogP contribution < -0.4 is 21.3 Å². The summed E-state index contributed by atoms with van der Waals surface area (Å²) in [6.45, 7) is 3.52. The summed E-state index contributed by atoms with van der Waals surface area (Å²) < 4.78 is 11.1. The van der Waals surface area contributed by atoms with Crippen molar-refractivity contribution < 1.29 is 47.8 Å². The van der Waals surface area contributed by atoms with Crippen LogP contribution in [0.15, 0.2) is 144 Å². The predicted octanol–water partition coefficient (Wildman–Crippen LogP) is 3.93. The van der Waals surface area contributed by atoms with E-state index >= 15 is 0 Å². The molecular weight excluding hydrogens is 897 g/mol. The second-order valence-electron chi connectivity index (χ2n) is 16.2. The SMILES string of the molecule is CC1=C(C(=O)OCc2ccccc2)N2C(=O)C(NC(=O)[C@@H](NC(=O)CC(=O)N[C@@H](C(=O)NC3C(=O)N4C(C(=O)OCc5ccccc5)=C(C)CSC34)c3ccccc3)c3ccccc3)C2SC1. The lowest BCUT2D eigenvalue weighted by molar-refractivity contribution is -0.153. The van der Waals surface area contributed by atoms with Gasteiger partial charge in [0.1, 0.15) is 65.9 Å². The van der Waals surface area contributed by atoms with Crippen molar-refractivity contribution in [3.63, 3.8) is 0 Å². The van der Waals surface area contributed by atoms with Crippen LogP contribution in [0.2, 0.25) is 0 Å². The maximum Gasteiger partial charge on any atom is 0.355 e. The van der Waals surface area contributed by atoms with Gasteiger partial charge in [-0.25, -0.2) is 9.59 Å². The third-order valence-corrected chi connectivity index (χ3v) is 14.3. The maximum absolute atomic E-state index is 14.0. The summed E-state index contributed by atoms with van der Waals surface area (Å²) in [6, 6.07) is 30.1. The van der Waals surface area contributed by atoms with Crippen LogP contribution in [0.4, 0.5) is 0 Å². The van der Waals surface area contributed by atoms with Crippen LogP contribution >= 0.6 is 23.5 Å². The zero-order valence-electron chi connectivity index (χ0n) is 36.3. The molecule has 18 heteroatoms. The number of esters is 2. The van der Waals surface area contributed by atoms with Gasteiger partial charge in [-0.15, -0.1) is 23.5 Å². The van der Waals surface area contributed by atoms with Crippen molar-refractivity contribution >= 4 is 70.9 Å². The van der Waals surface area contributed by atoms with Crippen molar-refractivity contribution in [2.75, 3.05) is 11.5 Å². The largest absolute Gasteiger partial charge is 0.456 e. The summed E-state index contributed by atoms with van der Waals surface area (Å²) in [5.74, 6) is -4.71. The molecule has 8 rings (SSSR count). The van der Waals surface area contributed by atoms with Crippen LogP contribution in [0, 0.1) is 0 Å². The summed E-state index contributed by atoms with van der Waals surface area (Å²) in [7, 11) is 0. The molecule has 4 heterocycles. The molecule has 0 aliphatic carbocycles. The van der Waals surface area contributed by atoms with Gasteiger partial charge >= 0.3 is 11.9 Å². The lowest BCUT2D eigenvalue weighted by Gasteiger charge is -2.49. The van der Waals surface area contributed by atoms with E-state index in [-0.39, 0.29) is 24.6 Å². The quantitative estimate of drug-likeness (QED) is 0.0716. The van der Waals surface area contributed by atoms with E-state index in [0.29, 0.717) is 33.8 Å². The fourth-order valence-corrected chi connectivity index (χ4v) is 10.6. The van der Waals surface area contributed by atoms with Gasteiger partial charge in [0.2, 0.25) is 23.6 Å². The molecule has 6 amide bonds. The van der Waals surface area contributed by atoms with Gasteiger partial charge in [-0.3, -0.25) is 38.6 Å². The molecule has 2 fully saturated rings. The topological polar surface area (TPSA) is 210 Å². The zero-order chi connectivity index (χ0) is 47.2. The number of amides is 6. The number of carbonyl (C=O) groups is 8. The van der Waals surface area contributed by atoms with E-state index in [1.807, 2.05) is 60.7 Å². The first-order valence-corrected chi connectivity index (χ1v) is 23.5. The molecule has 344 valence electrons. The van der Waals surface area contributed by atoms with Crippen LogP contribution in [0.1, 0.15) is 54.6 Å². The van der Waals surface area contributed by atoms with Crippen LogP contribution in [-0.4, -0.2) is 91.5 Å². The molecule has 4 aromatic rings. The van der Waals surface area contributed by atoms with Crippen LogP contribution in [0.25, 0.3) is 0 Å². The number of hydrogen-bond acceptors (Lipinski definition) is 12. The number of ether oxygens (including phenoxy) is 2. The van der Waals surface area contributed by atoms with Crippen molar-refractivity contribution in [1.29, 1.82) is 0 Å². The number of fused-ring (bicyclic) bond motifs is 2. The van der Waals surface area contributed by atoms with Gasteiger partial charge in [0.15, 0.2) is 0 Å². The number of hydrogen-bond donors (Lipinski definition) is 4. The van der Waals surface area contributed by atoms with Crippen molar-refractivity contribution in [3.8, 4) is 0 Å². The minimum Gasteiger partial charge on any atom is -0.456 e. The van der Waals surface area contributed by atoms with Crippen molar-refractivity contribution in [2.45, 2.75) is 68.4 Å². The maximum atomic E-state index is 14.0. The second-order valence-corrected chi connectivity index (χ2v) is 18.4. The van der Waals surface area contributed by atoms with Gasteiger partial charge in [0, 0.05) is 11.5 Å². The van der Waals surface area contributed by atoms with Gasteiger partial charge < -0.3 is 30.7 Å². The van der Waals surface area contributed by atoms with Crippen LogP contribution in [0.5, 0.6) is 0 Å². The molecule has 4 aliphatic heterocycles. The first-order chi connectivity index (χ1) is 32.4. The average molecular weight is 943 g/mol. The van der Waals surface area contributed by atoms with E-state index in [4.69, 9.17) is 9.47 Å². The number of β-lactam (4-membered cyclic amide) rings is 2. The molecule has 4 unspecified atom stereocenters. The van der Waals surface area contributed by atoms with E-state index in [1.165, 1.54) is 33.3 Å². The molecular formula is C49H46N6O10S2. The second kappa shape index (κ2) is 20.6. The normalized spacial score (nSPS) is 20.4. The molecule has 67 heavy (non-hydrogen) atoms. The number of nitrogens with zero attached hydrogens (tertiary/aromatic N) is 2. The van der Waals surface area contributed by atoms with Crippen LogP contribution in [-0.2, 0) is 61.0 Å². The highest BCUT2D eigenvalue weighted by Crippen LogP contribution is 2.42. The van der Waals surface area contributed by atoms with Gasteiger partial charge in [0.25, 0.3) is 11.8 Å². The third-order valence-electron chi connectivity index (χ3n) is 11.4. The molecule has 0 saturated carbocycles. The standard InChI is InChI=1S/C49H46N6O10S2/c1-28-26-66-46-38(44(60)54(46)40(28)48(62)64-24-30-15-7-3-8-16-30)52-42(58)36(32-19-11-5-12-20-32)50-34(56)23-35(57)51-37(33-21-13-6-14-22-33)43(59)53-39-45(61)55-41(29(2)27-67-47(39)55)49(63)65-25-31-17-9-4-10-18-31/h3-22,36-39,46-47H,23-27H2,1-2H3,(H,50,56)(H,51,57)(H,52,58)(H,53,59)/t36-,37+,38?,39?,46?,47?. The van der Waals surface area contributed by atoms with E-state index in [9.17, 15) is 38.4 Å². The fourth-order valence-electron chi connectivity index (χ4n) is 8.04. The lowest BCUT2D eigenvalue weighted by atomic mass is 10.0. The molecule has 0 bridgehead atoms. The zero-order valence-corrected chi connectivity index (χ0v) is 38.0. The Hall–Kier alpha value is -7.18. The number of carbonyl (C=O) groups excluding carboxylic acids is 8. The van der Waals surface area contributed by atoms with E-state index in [1.54, 1.807) is 74.5 Å². The smallest absolute Gasteiger partial charge is 0.355 e. The molecule has 0 spiro atoms. The first-order valence-electron chi connectivity index (χ1n) is 21.4. The summed E-state index contributed by atoms with van der Waals surface area (Å²) in [6.07, 6.45) is -0.798. The Morgan fingerprint density at radius 1 is 0.552 bits per heavy atom. The molecule has 4 aliphatic rings. The highest BCUT2D eigenvalue weighted by atomic mass is 32.2. The highest BCUT2D eigenvalue weighted by Gasteiger charge is 2.56. The van der Waals surface area contributed by atoms with E-state index < -0.39 is 88.7 Å². The Bertz CT molecular complexity index is 2470. The Kier molecular flexibility index (Phi) is 14.2. The number of benzene rings is 4. The molecule has 4 aromatic carbocycles. The van der Waals surface area contributed by atoms with E-state index in [2.05, 4.69) is 21.3 Å². The molecule has 16 nitrogen and oxygen atoms in total. The minimum atomic E-state index is -1.34. The van der Waals surface area contributed by atoms with Gasteiger partial charge in [-0.1, -0.05) is 121 Å². The highest BCUT2D eigenvalue weighted by molar-refractivity contribution is 8.00. The molecule has 6 atom stereocenters. The Balaban J connectivity index is 0.892. The number of rotatable bonds is 16. The first kappa shape index (κ1) is 46.4. The molecule has 0 aromatic heterocycles. The molecule has 0 radical (unpaired) electrons. The van der Waals surface area contributed by atoms with Gasteiger partial charge in [-0.2, -0.15) is 0 Å². The summed E-state index contributed by atoms with van der Waals surface area (Å²) in [5.41, 5.74) is 3.87. The molecule has 2 saturated heterocycles. The number of thioether (sulfide) groups is 2. The summed E-state index contributed by atoms with van der Waals surface area (Å²) in [4.78, 5) is 112. The van der Waals surface area contributed by atoms with Crippen LogP contribution in [0.3, 0.4) is 0 Å². The Morgan fingerprint density at radius 3 is 1.25 bits per heavy atom. The lowest BCUT2D eigenvalue weighted by Crippen LogP contribution is -2.71. The van der Waals surface area contributed by atoms with Gasteiger partial charge in [0.05, 0.1) is 0 Å². The number of nitrogens with one attached hydrogen (secondary N) is 4. The minimum absolute atomic E-state index is 0.0164. The van der Waals surface area contributed by atoms with Gasteiger partial charge in [-0.05, 0) is 47.2 Å². The third kappa shape index (κ3) is 10.1.